The summed E-state index contributed by atoms with van der Waals surface area (Å²) < 4.78 is 34.0. The molecule has 0 bridgehead atoms. The van der Waals surface area contributed by atoms with E-state index in [1.165, 1.54) is 6.07 Å². The monoisotopic (exact) mass is 497 g/mol. The average molecular weight is 498 g/mol. The van der Waals surface area contributed by atoms with Gasteiger partial charge < -0.3 is 15.0 Å². The first-order valence-corrected chi connectivity index (χ1v) is 12.7. The van der Waals surface area contributed by atoms with Gasteiger partial charge in [-0.15, -0.1) is 0 Å². The summed E-state index contributed by atoms with van der Waals surface area (Å²) in [6.45, 7) is 3.79. The van der Waals surface area contributed by atoms with Crippen molar-refractivity contribution in [3.8, 4) is 10.8 Å². The number of ether oxygens (including phenoxy) is 1. The maximum absolute atomic E-state index is 12.7. The van der Waals surface area contributed by atoms with Gasteiger partial charge in [-0.1, -0.05) is 58.8 Å². The summed E-state index contributed by atoms with van der Waals surface area (Å²) in [5.74, 6) is 0.604. The fourth-order valence-corrected chi connectivity index (χ4v) is 6.05. The molecule has 3 aromatic rings. The number of hydrogen-bond donors (Lipinski definition) is 2. The van der Waals surface area contributed by atoms with Crippen molar-refractivity contribution in [2.24, 2.45) is 0 Å². The highest BCUT2D eigenvalue weighted by Gasteiger charge is 2.21. The highest BCUT2D eigenvalue weighted by Crippen LogP contribution is 2.40. The minimum atomic E-state index is -3.76. The second-order valence-corrected chi connectivity index (χ2v) is 10.8. The van der Waals surface area contributed by atoms with Crippen molar-refractivity contribution < 1.29 is 13.2 Å². The standard InChI is InChI=1S/C21H21Cl2N3O3S2/c22-18-7-2-1-4-15(18)14-25-31(27,28)20-13-19(23)21(30-20)29-17-6-3-5-16(12-17)26-10-8-24-9-11-26/h1-7,12-13,24-25H,8-11,14H2. The molecule has 0 amide bonds. The Morgan fingerprint density at radius 2 is 1.81 bits per heavy atom. The minimum Gasteiger partial charge on any atom is -0.445 e. The van der Waals surface area contributed by atoms with Crippen LogP contribution in [0.1, 0.15) is 5.56 Å². The molecular formula is C21H21Cl2N3O3S2. The third-order valence-corrected chi connectivity index (χ3v) is 8.47. The van der Waals surface area contributed by atoms with E-state index < -0.39 is 10.0 Å². The molecule has 0 spiro atoms. The number of piperazine rings is 1. The van der Waals surface area contributed by atoms with Gasteiger partial charge in [-0.25, -0.2) is 13.1 Å². The molecule has 2 N–H and O–H groups in total. The Morgan fingerprint density at radius 1 is 1.03 bits per heavy atom. The fraction of sp³-hybridized carbons (Fsp3) is 0.238. The summed E-state index contributed by atoms with van der Waals surface area (Å²) >= 11 is 13.4. The van der Waals surface area contributed by atoms with E-state index in [0.29, 0.717) is 21.4 Å². The molecule has 2 aromatic carbocycles. The van der Waals surface area contributed by atoms with Crippen molar-refractivity contribution in [3.05, 3.63) is 70.2 Å². The highest BCUT2D eigenvalue weighted by molar-refractivity contribution is 7.91. The topological polar surface area (TPSA) is 70.7 Å². The van der Waals surface area contributed by atoms with Crippen LogP contribution < -0.4 is 19.7 Å². The van der Waals surface area contributed by atoms with Crippen LogP contribution in [0.2, 0.25) is 10.0 Å². The first kappa shape index (κ1) is 22.4. The van der Waals surface area contributed by atoms with E-state index in [-0.39, 0.29) is 15.8 Å². The Hall–Kier alpha value is -1.81. The maximum atomic E-state index is 12.7. The fourth-order valence-electron chi connectivity index (χ4n) is 3.19. The lowest BCUT2D eigenvalue weighted by Gasteiger charge is -2.29. The van der Waals surface area contributed by atoms with Crippen molar-refractivity contribution >= 4 is 50.2 Å². The second kappa shape index (κ2) is 9.77. The summed E-state index contributed by atoms with van der Waals surface area (Å²) in [6.07, 6.45) is 0. The van der Waals surface area contributed by atoms with Crippen LogP contribution in [0.15, 0.2) is 58.8 Å². The van der Waals surface area contributed by atoms with Crippen LogP contribution in [0.4, 0.5) is 5.69 Å². The average Bonchev–Trinajstić information content (AvgIpc) is 3.15. The van der Waals surface area contributed by atoms with E-state index in [2.05, 4.69) is 14.9 Å². The van der Waals surface area contributed by atoms with Gasteiger partial charge in [-0.3, -0.25) is 0 Å². The van der Waals surface area contributed by atoms with Crippen molar-refractivity contribution in [3.63, 3.8) is 0 Å². The number of sulfonamides is 1. The van der Waals surface area contributed by atoms with Crippen LogP contribution in [0.25, 0.3) is 0 Å². The molecule has 1 aromatic heterocycles. The van der Waals surface area contributed by atoms with Crippen molar-refractivity contribution in [2.75, 3.05) is 31.1 Å². The molecule has 164 valence electrons. The number of nitrogens with zero attached hydrogens (tertiary/aromatic N) is 1. The van der Waals surface area contributed by atoms with Crippen LogP contribution in [-0.4, -0.2) is 34.6 Å². The summed E-state index contributed by atoms with van der Waals surface area (Å²) in [5, 5.41) is 4.41. The van der Waals surface area contributed by atoms with Crippen molar-refractivity contribution in [1.82, 2.24) is 10.0 Å². The molecule has 4 rings (SSSR count). The van der Waals surface area contributed by atoms with Crippen LogP contribution in [0.5, 0.6) is 10.8 Å². The third-order valence-electron chi connectivity index (χ3n) is 4.82. The smallest absolute Gasteiger partial charge is 0.250 e. The van der Waals surface area contributed by atoms with Crippen LogP contribution in [0, 0.1) is 0 Å². The summed E-state index contributed by atoms with van der Waals surface area (Å²) in [5.41, 5.74) is 1.75. The third kappa shape index (κ3) is 5.52. The van der Waals surface area contributed by atoms with E-state index in [0.717, 1.165) is 43.2 Å². The minimum absolute atomic E-state index is 0.0813. The van der Waals surface area contributed by atoms with Crippen molar-refractivity contribution in [2.45, 2.75) is 10.8 Å². The quantitative estimate of drug-likeness (QED) is 0.493. The number of benzene rings is 2. The van der Waals surface area contributed by atoms with Gasteiger partial charge in [0.25, 0.3) is 10.0 Å². The summed E-state index contributed by atoms with van der Waals surface area (Å²) in [6, 6.07) is 16.2. The SMILES string of the molecule is O=S(=O)(NCc1ccccc1Cl)c1cc(Cl)c(Oc2cccc(N3CCNCC3)c2)s1. The molecule has 0 radical (unpaired) electrons. The van der Waals surface area contributed by atoms with E-state index in [1.54, 1.807) is 24.3 Å². The van der Waals surface area contributed by atoms with Crippen LogP contribution >= 0.6 is 34.5 Å². The van der Waals surface area contributed by atoms with Gasteiger partial charge in [-0.05, 0) is 29.8 Å². The predicted octanol–water partition coefficient (Wildman–Crippen LogP) is 4.74. The zero-order chi connectivity index (χ0) is 21.8. The van der Waals surface area contributed by atoms with Gasteiger partial charge in [0.1, 0.15) is 9.96 Å². The van der Waals surface area contributed by atoms with Gasteiger partial charge in [0.2, 0.25) is 5.06 Å². The van der Waals surface area contributed by atoms with Gasteiger partial charge in [0, 0.05) is 49.5 Å². The van der Waals surface area contributed by atoms with Crippen molar-refractivity contribution in [1.29, 1.82) is 0 Å². The van der Waals surface area contributed by atoms with Gasteiger partial charge in [0.05, 0.1) is 5.02 Å². The molecule has 0 atom stereocenters. The van der Waals surface area contributed by atoms with E-state index >= 15 is 0 Å². The molecule has 1 aliphatic rings. The second-order valence-electron chi connectivity index (χ2n) is 6.95. The summed E-state index contributed by atoms with van der Waals surface area (Å²) in [4.78, 5) is 2.27. The molecule has 0 unspecified atom stereocenters. The molecule has 1 fully saturated rings. The molecule has 1 aliphatic heterocycles. The lowest BCUT2D eigenvalue weighted by molar-refractivity contribution is 0.496. The molecule has 0 saturated carbocycles. The van der Waals surface area contributed by atoms with E-state index in [4.69, 9.17) is 27.9 Å². The zero-order valence-corrected chi connectivity index (χ0v) is 19.6. The molecular weight excluding hydrogens is 477 g/mol. The lowest BCUT2D eigenvalue weighted by atomic mass is 10.2. The molecule has 0 aliphatic carbocycles. The first-order chi connectivity index (χ1) is 14.9. The zero-order valence-electron chi connectivity index (χ0n) is 16.5. The van der Waals surface area contributed by atoms with Gasteiger partial charge >= 0.3 is 0 Å². The first-order valence-electron chi connectivity index (χ1n) is 9.68. The van der Waals surface area contributed by atoms with E-state index in [9.17, 15) is 8.42 Å². The number of anilines is 1. The molecule has 10 heteroatoms. The van der Waals surface area contributed by atoms with E-state index in [1.807, 2.05) is 24.3 Å². The molecule has 6 nitrogen and oxygen atoms in total. The number of nitrogens with one attached hydrogen (secondary N) is 2. The highest BCUT2D eigenvalue weighted by atomic mass is 35.5. The van der Waals surface area contributed by atoms with Crippen LogP contribution in [-0.2, 0) is 16.6 Å². The van der Waals surface area contributed by atoms with Gasteiger partial charge in [0.15, 0.2) is 0 Å². The lowest BCUT2D eigenvalue weighted by Crippen LogP contribution is -2.43. The Bertz CT molecular complexity index is 1160. The molecule has 2 heterocycles. The Morgan fingerprint density at radius 3 is 2.58 bits per heavy atom. The Labute approximate surface area is 195 Å². The Kier molecular flexibility index (Phi) is 7.05. The number of rotatable bonds is 7. The van der Waals surface area contributed by atoms with Gasteiger partial charge in [-0.2, -0.15) is 0 Å². The van der Waals surface area contributed by atoms with Crippen LogP contribution in [0.3, 0.4) is 0 Å². The summed E-state index contributed by atoms with van der Waals surface area (Å²) in [7, 11) is -3.76. The predicted molar refractivity (Wildman–Crippen MR) is 126 cm³/mol. The maximum Gasteiger partial charge on any atom is 0.250 e. The number of halogens is 2. The Balaban J connectivity index is 1.48. The number of thiophene rings is 1. The molecule has 1 saturated heterocycles. The molecule has 31 heavy (non-hydrogen) atoms. The largest absolute Gasteiger partial charge is 0.445 e. The normalized spacial score (nSPS) is 14.6. The number of hydrogen-bond acceptors (Lipinski definition) is 6.